The molecule has 0 aromatic heterocycles. The molecule has 3 aliphatic heterocycles. The lowest BCUT2D eigenvalue weighted by atomic mass is 9.70. The molecule has 6 atom stereocenters. The van der Waals surface area contributed by atoms with E-state index in [4.69, 9.17) is 5.11 Å². The number of likely N-dealkylation sites (tertiary alicyclic amines) is 1. The second-order valence-electron chi connectivity index (χ2n) is 10.2. The van der Waals surface area contributed by atoms with Crippen LogP contribution in [-0.2, 0) is 14.4 Å². The van der Waals surface area contributed by atoms with Gasteiger partial charge in [-0.1, -0.05) is 40.9 Å². The predicted molar refractivity (Wildman–Crippen MR) is 144 cm³/mol. The summed E-state index contributed by atoms with van der Waals surface area (Å²) in [5.41, 5.74) is 0. The van der Waals surface area contributed by atoms with Crippen molar-refractivity contribution in [2.45, 2.75) is 72.9 Å². The third kappa shape index (κ3) is 5.10. The van der Waals surface area contributed by atoms with Crippen LogP contribution in [0.4, 0.5) is 0 Å². The van der Waals surface area contributed by atoms with Crippen molar-refractivity contribution in [3.8, 4) is 0 Å². The van der Waals surface area contributed by atoms with E-state index in [1.807, 2.05) is 13.8 Å². The number of halogens is 1. The minimum absolute atomic E-state index is 0.0306. The third-order valence-corrected chi connectivity index (χ3v) is 10.8. The normalized spacial score (nSPS) is 31.1. The number of thioether (sulfide) groups is 1. The molecule has 1 N–H and O–H groups in total. The lowest BCUT2D eigenvalue weighted by Gasteiger charge is -2.39. The molecular weight excluding hydrogens is 530 g/mol. The summed E-state index contributed by atoms with van der Waals surface area (Å²) in [4.78, 5) is 47.0. The van der Waals surface area contributed by atoms with E-state index in [2.05, 4.69) is 29.1 Å². The molecule has 3 rings (SSSR count). The highest BCUT2D eigenvalue weighted by Crippen LogP contribution is 2.68. The Bertz CT molecular complexity index is 839. The molecule has 0 saturated carbocycles. The first kappa shape index (κ1) is 28.3. The topological polar surface area (TPSA) is 81.2 Å². The minimum Gasteiger partial charge on any atom is -0.396 e. The number of hydrogen-bond acceptors (Lipinski definition) is 5. The van der Waals surface area contributed by atoms with Crippen LogP contribution in [0.2, 0.25) is 0 Å². The molecule has 0 aromatic carbocycles. The number of aliphatic hydroxyl groups is 1. The molecule has 3 aliphatic rings. The van der Waals surface area contributed by atoms with Gasteiger partial charge in [-0.05, 0) is 33.1 Å². The number of carbonyl (C=O) groups is 3. The zero-order valence-corrected chi connectivity index (χ0v) is 23.6. The molecule has 7 nitrogen and oxygen atoms in total. The monoisotopic (exact) mass is 569 g/mol. The largest absolute Gasteiger partial charge is 0.396 e. The average Bonchev–Trinajstić information content (AvgIpc) is 3.40. The predicted octanol–water partition coefficient (Wildman–Crippen LogP) is 3.07. The van der Waals surface area contributed by atoms with Gasteiger partial charge in [0.2, 0.25) is 17.7 Å². The molecule has 1 spiro atoms. The molecule has 3 amide bonds. The average molecular weight is 571 g/mol. The lowest BCUT2D eigenvalue weighted by Crippen LogP contribution is -2.57. The Morgan fingerprint density at radius 2 is 1.86 bits per heavy atom. The number of alkyl halides is 1. The molecule has 0 aromatic rings. The maximum absolute atomic E-state index is 14.1. The van der Waals surface area contributed by atoms with E-state index >= 15 is 0 Å². The number of carbonyl (C=O) groups excluding carboxylic acids is 3. The second kappa shape index (κ2) is 11.8. The summed E-state index contributed by atoms with van der Waals surface area (Å²) in [6.45, 7) is 13.0. The minimum atomic E-state index is -0.623. The number of amides is 3. The number of rotatable bonds is 13. The summed E-state index contributed by atoms with van der Waals surface area (Å²) in [6.07, 6.45) is 7.37. The Morgan fingerprint density at radius 3 is 2.46 bits per heavy atom. The zero-order valence-electron chi connectivity index (χ0n) is 21.2. The van der Waals surface area contributed by atoms with E-state index in [1.54, 1.807) is 45.7 Å². The van der Waals surface area contributed by atoms with Crippen LogP contribution in [0.3, 0.4) is 0 Å². The second-order valence-corrected chi connectivity index (χ2v) is 12.9. The van der Waals surface area contributed by atoms with Crippen LogP contribution in [-0.4, -0.2) is 97.7 Å². The van der Waals surface area contributed by atoms with Crippen molar-refractivity contribution >= 4 is 45.4 Å². The molecule has 3 heterocycles. The Morgan fingerprint density at radius 1 is 1.20 bits per heavy atom. The van der Waals surface area contributed by atoms with Crippen LogP contribution < -0.4 is 0 Å². The molecule has 3 fully saturated rings. The number of fused-ring (bicyclic) bond motifs is 1. The van der Waals surface area contributed by atoms with Crippen molar-refractivity contribution in [1.29, 1.82) is 0 Å². The Kier molecular flexibility index (Phi) is 9.54. The van der Waals surface area contributed by atoms with Gasteiger partial charge in [0.05, 0.1) is 16.6 Å². The van der Waals surface area contributed by atoms with Crippen LogP contribution in [0.25, 0.3) is 0 Å². The van der Waals surface area contributed by atoms with E-state index in [0.29, 0.717) is 26.1 Å². The van der Waals surface area contributed by atoms with Crippen molar-refractivity contribution < 1.29 is 19.5 Å². The van der Waals surface area contributed by atoms with Crippen molar-refractivity contribution in [3.63, 3.8) is 0 Å². The molecule has 35 heavy (non-hydrogen) atoms. The van der Waals surface area contributed by atoms with Crippen LogP contribution in [0.1, 0.15) is 46.0 Å². The van der Waals surface area contributed by atoms with Crippen molar-refractivity contribution in [3.05, 3.63) is 25.3 Å². The van der Waals surface area contributed by atoms with Crippen molar-refractivity contribution in [2.24, 2.45) is 11.8 Å². The molecule has 3 saturated heterocycles. The van der Waals surface area contributed by atoms with E-state index in [0.717, 1.165) is 25.7 Å². The highest BCUT2D eigenvalue weighted by Gasteiger charge is 2.75. The van der Waals surface area contributed by atoms with Gasteiger partial charge < -0.3 is 19.8 Å². The molecule has 2 bridgehead atoms. The maximum Gasteiger partial charge on any atom is 0.247 e. The van der Waals surface area contributed by atoms with Gasteiger partial charge in [0.1, 0.15) is 6.04 Å². The standard InChI is InChI=1S/C26H40BrN3O4S/c1-6-12-28(5)23(32)19-20-24(33)30(14-10-8-9-11-15-31)22(25(34)29(13-7-2)17(3)4)26(20)16-18(27)21(19)35-26/h6-7,17-22,31H,1-2,8-16H2,3-5H3/t18?,19-,20+,21-,22?,26?/m1/s1. The van der Waals surface area contributed by atoms with Crippen LogP contribution in [0, 0.1) is 11.8 Å². The van der Waals surface area contributed by atoms with Gasteiger partial charge in [-0.15, -0.1) is 24.9 Å². The fourth-order valence-electron chi connectivity index (χ4n) is 6.07. The first-order valence-corrected chi connectivity index (χ1v) is 14.5. The molecular formula is C26H40BrN3O4S. The van der Waals surface area contributed by atoms with Gasteiger partial charge in [0.25, 0.3) is 0 Å². The molecule has 9 heteroatoms. The smallest absolute Gasteiger partial charge is 0.247 e. The Labute approximate surface area is 222 Å². The van der Waals surface area contributed by atoms with E-state index in [-0.39, 0.29) is 40.4 Å². The van der Waals surface area contributed by atoms with E-state index in [9.17, 15) is 14.4 Å². The summed E-state index contributed by atoms with van der Waals surface area (Å²) in [7, 11) is 1.75. The lowest BCUT2D eigenvalue weighted by molar-refractivity contribution is -0.144. The van der Waals surface area contributed by atoms with Gasteiger partial charge in [0.15, 0.2) is 0 Å². The zero-order chi connectivity index (χ0) is 25.9. The Balaban J connectivity index is 1.99. The maximum atomic E-state index is 14.1. The quantitative estimate of drug-likeness (QED) is 0.209. The van der Waals surface area contributed by atoms with Gasteiger partial charge in [-0.3, -0.25) is 14.4 Å². The fraction of sp³-hybridized carbons (Fsp3) is 0.731. The highest BCUT2D eigenvalue weighted by atomic mass is 79.9. The van der Waals surface area contributed by atoms with Gasteiger partial charge in [-0.2, -0.15) is 0 Å². The summed E-state index contributed by atoms with van der Waals surface area (Å²) in [5.74, 6) is -1.12. The Hall–Kier alpha value is -1.32. The molecule has 196 valence electrons. The first-order valence-electron chi connectivity index (χ1n) is 12.7. The number of hydrogen-bond donors (Lipinski definition) is 1. The molecule has 3 unspecified atom stereocenters. The van der Waals surface area contributed by atoms with Crippen molar-refractivity contribution in [1.82, 2.24) is 14.7 Å². The number of aliphatic hydroxyl groups excluding tert-OH is 1. The molecule has 0 aliphatic carbocycles. The third-order valence-electron chi connectivity index (χ3n) is 7.63. The summed E-state index contributed by atoms with van der Waals surface area (Å²) in [6, 6.07) is -0.630. The summed E-state index contributed by atoms with van der Waals surface area (Å²) in [5, 5.41) is 9.05. The van der Waals surface area contributed by atoms with Gasteiger partial charge in [-0.25, -0.2) is 0 Å². The van der Waals surface area contributed by atoms with Crippen LogP contribution >= 0.6 is 27.7 Å². The SMILES string of the molecule is C=CCN(C)C(=O)[C@H]1[C@@H]2SC3(CC2Br)C(C(=O)N(CC=C)C(C)C)N(CCCCCCO)C(=O)[C@H]13. The summed E-state index contributed by atoms with van der Waals surface area (Å²) < 4.78 is -0.623. The summed E-state index contributed by atoms with van der Waals surface area (Å²) >= 11 is 5.49. The number of nitrogens with zero attached hydrogens (tertiary/aromatic N) is 3. The van der Waals surface area contributed by atoms with Crippen LogP contribution in [0.5, 0.6) is 0 Å². The number of unbranched alkanes of at least 4 members (excludes halogenated alkanes) is 3. The van der Waals surface area contributed by atoms with Crippen molar-refractivity contribution in [2.75, 3.05) is 33.3 Å². The number of likely N-dealkylation sites (N-methyl/N-ethyl adjacent to an activating group) is 1. The molecule has 0 radical (unpaired) electrons. The fourth-order valence-corrected chi connectivity index (χ4v) is 9.67. The van der Waals surface area contributed by atoms with E-state index < -0.39 is 22.6 Å². The van der Waals surface area contributed by atoms with Gasteiger partial charge in [0, 0.05) is 49.4 Å². The first-order chi connectivity index (χ1) is 16.7. The van der Waals surface area contributed by atoms with Gasteiger partial charge >= 0.3 is 0 Å². The van der Waals surface area contributed by atoms with E-state index in [1.165, 1.54) is 0 Å². The highest BCUT2D eigenvalue weighted by molar-refractivity contribution is 9.09. The van der Waals surface area contributed by atoms with Crippen LogP contribution in [0.15, 0.2) is 25.3 Å².